The lowest BCUT2D eigenvalue weighted by Gasteiger charge is -2.42. The normalized spacial score (nSPS) is 40.1. The van der Waals surface area contributed by atoms with Gasteiger partial charge >= 0.3 is 0 Å². The second-order valence-electron chi connectivity index (χ2n) is 5.73. The van der Waals surface area contributed by atoms with Gasteiger partial charge in [-0.25, -0.2) is 0 Å². The van der Waals surface area contributed by atoms with Gasteiger partial charge in [0.1, 0.15) is 11.9 Å². The van der Waals surface area contributed by atoms with Gasteiger partial charge in [-0.1, -0.05) is 13.8 Å². The first-order valence-corrected chi connectivity index (χ1v) is 6.77. The van der Waals surface area contributed by atoms with Crippen LogP contribution in [0.25, 0.3) is 0 Å². The smallest absolute Gasteiger partial charge is 0.127 e. The van der Waals surface area contributed by atoms with Crippen LogP contribution >= 0.6 is 0 Å². The molecule has 0 aromatic rings. The maximum Gasteiger partial charge on any atom is 0.127 e. The predicted octanol–water partition coefficient (Wildman–Crippen LogP) is 1.45. The summed E-state index contributed by atoms with van der Waals surface area (Å²) in [6, 6.07) is 0.673. The van der Waals surface area contributed by atoms with E-state index in [0.717, 1.165) is 24.9 Å². The third-order valence-corrected chi connectivity index (χ3v) is 4.53. The Balaban J connectivity index is 1.91. The van der Waals surface area contributed by atoms with Crippen LogP contribution in [0.1, 0.15) is 33.1 Å². The number of amidine groups is 1. The number of nitrogens with zero attached hydrogens (tertiary/aromatic N) is 1. The van der Waals surface area contributed by atoms with Crippen LogP contribution in [0.15, 0.2) is 0 Å². The summed E-state index contributed by atoms with van der Waals surface area (Å²) >= 11 is 0. The molecule has 0 bridgehead atoms. The molecule has 2 aliphatic rings. The van der Waals surface area contributed by atoms with Gasteiger partial charge in [-0.3, -0.25) is 10.3 Å². The molecule has 4 heteroatoms. The lowest BCUT2D eigenvalue weighted by molar-refractivity contribution is -0.0260. The van der Waals surface area contributed by atoms with E-state index in [4.69, 9.17) is 15.9 Å². The molecule has 98 valence electrons. The first-order valence-electron chi connectivity index (χ1n) is 6.77. The van der Waals surface area contributed by atoms with E-state index in [0.29, 0.717) is 12.6 Å². The maximum atomic E-state index is 7.49. The average molecular weight is 239 g/mol. The quantitative estimate of drug-likeness (QED) is 0.566. The number of ether oxygens (including phenoxy) is 1. The van der Waals surface area contributed by atoms with Crippen molar-refractivity contribution in [3.05, 3.63) is 0 Å². The van der Waals surface area contributed by atoms with Gasteiger partial charge in [0, 0.05) is 19.1 Å². The molecule has 4 atom stereocenters. The number of rotatable bonds is 2. The zero-order valence-corrected chi connectivity index (χ0v) is 11.0. The molecule has 0 radical (unpaired) electrons. The molecule has 1 aliphatic carbocycles. The monoisotopic (exact) mass is 239 g/mol. The van der Waals surface area contributed by atoms with Crippen molar-refractivity contribution in [2.24, 2.45) is 17.6 Å². The molecule has 2 fully saturated rings. The predicted molar refractivity (Wildman–Crippen MR) is 69.2 cm³/mol. The number of morpholine rings is 1. The molecule has 0 aromatic heterocycles. The molecule has 2 rings (SSSR count). The van der Waals surface area contributed by atoms with Gasteiger partial charge in [-0.2, -0.15) is 0 Å². The van der Waals surface area contributed by atoms with Crippen LogP contribution in [-0.2, 0) is 4.74 Å². The van der Waals surface area contributed by atoms with Gasteiger partial charge < -0.3 is 10.5 Å². The molecule has 1 saturated carbocycles. The average Bonchev–Trinajstić information content (AvgIpc) is 2.33. The lowest BCUT2D eigenvalue weighted by Crippen LogP contribution is -2.53. The van der Waals surface area contributed by atoms with Crippen molar-refractivity contribution < 1.29 is 4.74 Å². The van der Waals surface area contributed by atoms with E-state index in [2.05, 4.69) is 18.7 Å². The molecule has 0 amide bonds. The number of hydrogen-bond donors (Lipinski definition) is 2. The SMILES string of the molecule is CC1CCC(N2CCOC(C(=N)N)C2)CC1C. The van der Waals surface area contributed by atoms with Crippen molar-refractivity contribution in [2.45, 2.75) is 45.3 Å². The Kier molecular flexibility index (Phi) is 4.05. The minimum atomic E-state index is -0.182. The molecule has 4 unspecified atom stereocenters. The molecular weight excluding hydrogens is 214 g/mol. The highest BCUT2D eigenvalue weighted by Gasteiger charge is 2.32. The largest absolute Gasteiger partial charge is 0.385 e. The standard InChI is InChI=1S/C13H25N3O/c1-9-3-4-11(7-10(9)2)16-5-6-17-12(8-16)13(14)15/h9-12H,3-8H2,1-2H3,(H3,14,15). The van der Waals surface area contributed by atoms with Crippen LogP contribution in [0.4, 0.5) is 0 Å². The highest BCUT2D eigenvalue weighted by atomic mass is 16.5. The van der Waals surface area contributed by atoms with Crippen molar-refractivity contribution in [3.63, 3.8) is 0 Å². The van der Waals surface area contributed by atoms with Crippen molar-refractivity contribution >= 4 is 5.84 Å². The summed E-state index contributed by atoms with van der Waals surface area (Å²) in [5.74, 6) is 1.84. The molecule has 17 heavy (non-hydrogen) atoms. The third kappa shape index (κ3) is 2.99. The highest BCUT2D eigenvalue weighted by Crippen LogP contribution is 2.32. The summed E-state index contributed by atoms with van der Waals surface area (Å²) in [7, 11) is 0. The minimum absolute atomic E-state index is 0.173. The van der Waals surface area contributed by atoms with Crippen molar-refractivity contribution in [3.8, 4) is 0 Å². The van der Waals surface area contributed by atoms with Crippen LogP contribution in [0.3, 0.4) is 0 Å². The first kappa shape index (κ1) is 12.8. The Bertz CT molecular complexity index is 282. The second-order valence-corrected chi connectivity index (χ2v) is 5.73. The van der Waals surface area contributed by atoms with Gasteiger partial charge in [0.25, 0.3) is 0 Å². The van der Waals surface area contributed by atoms with Crippen molar-refractivity contribution in [1.29, 1.82) is 5.41 Å². The molecule has 4 nitrogen and oxygen atoms in total. The Labute approximate surface area is 104 Å². The number of hydrogen-bond acceptors (Lipinski definition) is 3. The molecule has 1 aliphatic heterocycles. The summed E-state index contributed by atoms with van der Waals surface area (Å²) in [6.07, 6.45) is 3.72. The zero-order valence-electron chi connectivity index (χ0n) is 11.0. The fraction of sp³-hybridized carbons (Fsp3) is 0.923. The van der Waals surface area contributed by atoms with Crippen LogP contribution in [0.5, 0.6) is 0 Å². The Morgan fingerprint density at radius 2 is 2.06 bits per heavy atom. The van der Waals surface area contributed by atoms with Gasteiger partial charge in [0.15, 0.2) is 0 Å². The highest BCUT2D eigenvalue weighted by molar-refractivity contribution is 5.82. The van der Waals surface area contributed by atoms with Crippen LogP contribution in [0.2, 0.25) is 0 Å². The van der Waals surface area contributed by atoms with E-state index in [1.807, 2.05) is 0 Å². The first-order chi connectivity index (χ1) is 8.08. The third-order valence-electron chi connectivity index (χ3n) is 4.53. The van der Waals surface area contributed by atoms with Gasteiger partial charge in [0.2, 0.25) is 0 Å². The molecule has 1 heterocycles. The van der Waals surface area contributed by atoms with E-state index < -0.39 is 0 Å². The fourth-order valence-electron chi connectivity index (χ4n) is 3.04. The van der Waals surface area contributed by atoms with Gasteiger partial charge in [-0.05, 0) is 31.1 Å². The summed E-state index contributed by atoms with van der Waals surface area (Å²) in [5.41, 5.74) is 5.54. The van der Waals surface area contributed by atoms with Crippen LogP contribution < -0.4 is 5.73 Å². The summed E-state index contributed by atoms with van der Waals surface area (Å²) in [5, 5.41) is 7.49. The minimum Gasteiger partial charge on any atom is -0.385 e. The summed E-state index contributed by atoms with van der Waals surface area (Å²) < 4.78 is 5.52. The van der Waals surface area contributed by atoms with E-state index >= 15 is 0 Å². The molecule has 1 saturated heterocycles. The topological polar surface area (TPSA) is 62.3 Å². The van der Waals surface area contributed by atoms with Gasteiger partial charge in [0.05, 0.1) is 6.61 Å². The maximum absolute atomic E-state index is 7.49. The Hall–Kier alpha value is -0.610. The molecule has 3 N–H and O–H groups in total. The van der Waals surface area contributed by atoms with E-state index in [1.54, 1.807) is 0 Å². The Morgan fingerprint density at radius 1 is 1.29 bits per heavy atom. The van der Waals surface area contributed by atoms with Gasteiger partial charge in [-0.15, -0.1) is 0 Å². The molecule has 0 spiro atoms. The van der Waals surface area contributed by atoms with Crippen molar-refractivity contribution in [2.75, 3.05) is 19.7 Å². The summed E-state index contributed by atoms with van der Waals surface area (Å²) in [4.78, 5) is 2.48. The van der Waals surface area contributed by atoms with Crippen LogP contribution in [-0.4, -0.2) is 42.6 Å². The number of nitrogens with two attached hydrogens (primary N) is 1. The molecular formula is C13H25N3O. The van der Waals surface area contributed by atoms with Crippen molar-refractivity contribution in [1.82, 2.24) is 4.90 Å². The number of nitrogens with one attached hydrogen (secondary N) is 1. The zero-order chi connectivity index (χ0) is 12.4. The van der Waals surface area contributed by atoms with Crippen LogP contribution in [0, 0.1) is 17.2 Å². The van der Waals surface area contributed by atoms with E-state index in [1.165, 1.54) is 19.3 Å². The van der Waals surface area contributed by atoms with E-state index in [-0.39, 0.29) is 11.9 Å². The Morgan fingerprint density at radius 3 is 2.71 bits per heavy atom. The second kappa shape index (κ2) is 5.36. The molecule has 0 aromatic carbocycles. The van der Waals surface area contributed by atoms with E-state index in [9.17, 15) is 0 Å². The lowest BCUT2D eigenvalue weighted by atomic mass is 9.78. The fourth-order valence-corrected chi connectivity index (χ4v) is 3.04. The summed E-state index contributed by atoms with van der Waals surface area (Å²) in [6.45, 7) is 7.24.